The fourth-order valence-corrected chi connectivity index (χ4v) is 3.28. The highest BCUT2D eigenvalue weighted by Crippen LogP contribution is 2.19. The summed E-state index contributed by atoms with van der Waals surface area (Å²) in [5.74, 6) is 0.769. The normalized spacial score (nSPS) is 21.2. The van der Waals surface area contributed by atoms with E-state index in [0.717, 1.165) is 45.4 Å². The Morgan fingerprint density at radius 1 is 1.16 bits per heavy atom. The molecule has 3 rings (SSSR count). The number of rotatable bonds is 4. The van der Waals surface area contributed by atoms with Crippen LogP contribution < -0.4 is 10.6 Å². The Morgan fingerprint density at radius 2 is 1.88 bits per heavy atom. The molecule has 6 nitrogen and oxygen atoms in total. The molecule has 1 aromatic carbocycles. The summed E-state index contributed by atoms with van der Waals surface area (Å²) in [7, 11) is 0. The average molecular weight is 345 g/mol. The SMILES string of the molecule is CC1CCN(C(=O)c2ccc(NC(=O)NC[C@@H]3CCCO3)cc2)CC1. The minimum atomic E-state index is -0.250. The lowest BCUT2D eigenvalue weighted by molar-refractivity contribution is 0.0697. The second-order valence-corrected chi connectivity index (χ2v) is 7.02. The van der Waals surface area contributed by atoms with Gasteiger partial charge in [-0.3, -0.25) is 4.79 Å². The monoisotopic (exact) mass is 345 g/mol. The number of ether oxygens (including phenoxy) is 1. The van der Waals surface area contributed by atoms with Gasteiger partial charge in [0, 0.05) is 37.5 Å². The van der Waals surface area contributed by atoms with Crippen molar-refractivity contribution in [3.63, 3.8) is 0 Å². The number of carbonyl (C=O) groups is 2. The number of nitrogens with one attached hydrogen (secondary N) is 2. The van der Waals surface area contributed by atoms with Crippen molar-refractivity contribution in [3.05, 3.63) is 29.8 Å². The topological polar surface area (TPSA) is 70.7 Å². The Kier molecular flexibility index (Phi) is 5.91. The van der Waals surface area contributed by atoms with Crippen LogP contribution in [-0.2, 0) is 4.74 Å². The quantitative estimate of drug-likeness (QED) is 0.881. The molecule has 6 heteroatoms. The molecule has 1 aromatic rings. The molecule has 2 saturated heterocycles. The predicted molar refractivity (Wildman–Crippen MR) is 96.7 cm³/mol. The lowest BCUT2D eigenvalue weighted by Crippen LogP contribution is -2.37. The van der Waals surface area contributed by atoms with Gasteiger partial charge < -0.3 is 20.3 Å². The molecule has 2 heterocycles. The van der Waals surface area contributed by atoms with E-state index in [2.05, 4.69) is 17.6 Å². The maximum atomic E-state index is 12.5. The molecule has 0 unspecified atom stereocenters. The molecule has 136 valence electrons. The van der Waals surface area contributed by atoms with Gasteiger partial charge in [-0.2, -0.15) is 0 Å². The van der Waals surface area contributed by atoms with Crippen LogP contribution in [0.2, 0.25) is 0 Å². The molecule has 0 radical (unpaired) electrons. The first-order valence-electron chi connectivity index (χ1n) is 9.17. The Hall–Kier alpha value is -2.08. The number of likely N-dealkylation sites (tertiary alicyclic amines) is 1. The van der Waals surface area contributed by atoms with Crippen molar-refractivity contribution in [2.75, 3.05) is 31.6 Å². The van der Waals surface area contributed by atoms with E-state index in [1.54, 1.807) is 24.3 Å². The van der Waals surface area contributed by atoms with Gasteiger partial charge in [-0.15, -0.1) is 0 Å². The van der Waals surface area contributed by atoms with Crippen LogP contribution in [0.5, 0.6) is 0 Å². The first-order chi connectivity index (χ1) is 12.1. The largest absolute Gasteiger partial charge is 0.376 e. The van der Waals surface area contributed by atoms with Gasteiger partial charge in [0.1, 0.15) is 0 Å². The van der Waals surface area contributed by atoms with Crippen LogP contribution in [0.15, 0.2) is 24.3 Å². The standard InChI is InChI=1S/C19H27N3O3/c1-14-8-10-22(11-9-14)18(23)15-4-6-16(7-5-15)21-19(24)20-13-17-3-2-12-25-17/h4-7,14,17H,2-3,8-13H2,1H3,(H2,20,21,24)/t17-/m0/s1. The van der Waals surface area contributed by atoms with Gasteiger partial charge in [0.05, 0.1) is 6.10 Å². The minimum Gasteiger partial charge on any atom is -0.376 e. The van der Waals surface area contributed by atoms with E-state index in [4.69, 9.17) is 4.74 Å². The maximum Gasteiger partial charge on any atom is 0.319 e. The van der Waals surface area contributed by atoms with Crippen LogP contribution in [0.25, 0.3) is 0 Å². The highest BCUT2D eigenvalue weighted by molar-refractivity contribution is 5.95. The van der Waals surface area contributed by atoms with Crippen molar-refractivity contribution < 1.29 is 14.3 Å². The Balaban J connectivity index is 1.47. The molecule has 1 atom stereocenters. The van der Waals surface area contributed by atoms with E-state index in [9.17, 15) is 9.59 Å². The van der Waals surface area contributed by atoms with Crippen LogP contribution in [-0.4, -0.2) is 49.2 Å². The Labute approximate surface area is 148 Å². The summed E-state index contributed by atoms with van der Waals surface area (Å²) in [6, 6.07) is 6.84. The van der Waals surface area contributed by atoms with Gasteiger partial charge in [-0.25, -0.2) is 4.79 Å². The van der Waals surface area contributed by atoms with E-state index >= 15 is 0 Å². The molecule has 2 aliphatic heterocycles. The van der Waals surface area contributed by atoms with E-state index < -0.39 is 0 Å². The Bertz CT molecular complexity index is 588. The first kappa shape index (κ1) is 17.7. The van der Waals surface area contributed by atoms with Gasteiger partial charge in [-0.05, 0) is 55.9 Å². The zero-order chi connectivity index (χ0) is 17.6. The summed E-state index contributed by atoms with van der Waals surface area (Å²) in [5.41, 5.74) is 1.34. The Morgan fingerprint density at radius 3 is 2.52 bits per heavy atom. The predicted octanol–water partition coefficient (Wildman–Crippen LogP) is 2.86. The molecule has 0 saturated carbocycles. The van der Waals surface area contributed by atoms with Gasteiger partial charge in [0.15, 0.2) is 0 Å². The van der Waals surface area contributed by atoms with Crippen molar-refractivity contribution in [1.82, 2.24) is 10.2 Å². The number of anilines is 1. The second-order valence-electron chi connectivity index (χ2n) is 7.02. The van der Waals surface area contributed by atoms with Crippen molar-refractivity contribution in [1.29, 1.82) is 0 Å². The summed E-state index contributed by atoms with van der Waals surface area (Å²) in [5, 5.41) is 5.60. The average Bonchev–Trinajstić information content (AvgIpc) is 3.14. The van der Waals surface area contributed by atoms with E-state index in [0.29, 0.717) is 23.7 Å². The van der Waals surface area contributed by atoms with Crippen LogP contribution in [0.4, 0.5) is 10.5 Å². The summed E-state index contributed by atoms with van der Waals surface area (Å²) >= 11 is 0. The van der Waals surface area contributed by atoms with Crippen LogP contribution in [0.1, 0.15) is 43.0 Å². The molecule has 25 heavy (non-hydrogen) atoms. The first-order valence-corrected chi connectivity index (χ1v) is 9.17. The third kappa shape index (κ3) is 4.95. The van der Waals surface area contributed by atoms with Gasteiger partial charge in [-0.1, -0.05) is 6.92 Å². The number of benzene rings is 1. The number of carbonyl (C=O) groups excluding carboxylic acids is 2. The number of hydrogen-bond donors (Lipinski definition) is 2. The number of hydrogen-bond acceptors (Lipinski definition) is 3. The highest BCUT2D eigenvalue weighted by atomic mass is 16.5. The van der Waals surface area contributed by atoms with Crippen LogP contribution in [0.3, 0.4) is 0 Å². The summed E-state index contributed by atoms with van der Waals surface area (Å²) in [4.78, 5) is 26.3. The van der Waals surface area contributed by atoms with Crippen LogP contribution in [0, 0.1) is 5.92 Å². The van der Waals surface area contributed by atoms with E-state index in [1.807, 2.05) is 4.90 Å². The number of urea groups is 1. The van der Waals surface area contributed by atoms with Gasteiger partial charge in [0.25, 0.3) is 5.91 Å². The molecular formula is C19H27N3O3. The molecule has 0 bridgehead atoms. The molecule has 3 amide bonds. The number of amides is 3. The fourth-order valence-electron chi connectivity index (χ4n) is 3.28. The van der Waals surface area contributed by atoms with Crippen molar-refractivity contribution in [3.8, 4) is 0 Å². The van der Waals surface area contributed by atoms with E-state index in [1.165, 1.54) is 0 Å². The van der Waals surface area contributed by atoms with Gasteiger partial charge in [0.2, 0.25) is 0 Å². The van der Waals surface area contributed by atoms with Crippen molar-refractivity contribution in [2.45, 2.75) is 38.7 Å². The zero-order valence-electron chi connectivity index (χ0n) is 14.8. The number of piperidine rings is 1. The molecule has 2 aliphatic rings. The molecule has 0 aliphatic carbocycles. The maximum absolute atomic E-state index is 12.5. The smallest absolute Gasteiger partial charge is 0.319 e. The zero-order valence-corrected chi connectivity index (χ0v) is 14.8. The summed E-state index contributed by atoms with van der Waals surface area (Å²) in [6.07, 6.45) is 4.30. The van der Waals surface area contributed by atoms with Crippen molar-refractivity contribution >= 4 is 17.6 Å². The molecule has 0 aromatic heterocycles. The summed E-state index contributed by atoms with van der Waals surface area (Å²) < 4.78 is 5.48. The molecular weight excluding hydrogens is 318 g/mol. The third-order valence-electron chi connectivity index (χ3n) is 4.97. The van der Waals surface area contributed by atoms with Crippen LogP contribution >= 0.6 is 0 Å². The van der Waals surface area contributed by atoms with Crippen molar-refractivity contribution in [2.24, 2.45) is 5.92 Å². The lowest BCUT2D eigenvalue weighted by Gasteiger charge is -2.30. The molecule has 2 fully saturated rings. The third-order valence-corrected chi connectivity index (χ3v) is 4.97. The van der Waals surface area contributed by atoms with E-state index in [-0.39, 0.29) is 18.0 Å². The molecule has 2 N–H and O–H groups in total. The minimum absolute atomic E-state index is 0.0706. The highest BCUT2D eigenvalue weighted by Gasteiger charge is 2.21. The summed E-state index contributed by atoms with van der Waals surface area (Å²) in [6.45, 7) is 5.18. The number of nitrogens with zero attached hydrogens (tertiary/aromatic N) is 1. The second kappa shape index (κ2) is 8.34. The molecule has 0 spiro atoms. The van der Waals surface area contributed by atoms with Gasteiger partial charge >= 0.3 is 6.03 Å². The fraction of sp³-hybridized carbons (Fsp3) is 0.579. The lowest BCUT2D eigenvalue weighted by atomic mass is 9.98.